The van der Waals surface area contributed by atoms with Gasteiger partial charge in [0.25, 0.3) is 5.91 Å². The van der Waals surface area contributed by atoms with E-state index >= 15 is 0 Å². The Morgan fingerprint density at radius 2 is 1.96 bits per heavy atom. The van der Waals surface area contributed by atoms with Gasteiger partial charge in [-0.25, -0.2) is 8.78 Å². The van der Waals surface area contributed by atoms with Gasteiger partial charge in [0.05, 0.1) is 24.6 Å². The van der Waals surface area contributed by atoms with Gasteiger partial charge >= 0.3 is 5.97 Å². The highest BCUT2D eigenvalue weighted by Crippen LogP contribution is 2.26. The Bertz CT molecular complexity index is 599. The number of halogens is 2. The summed E-state index contributed by atoms with van der Waals surface area (Å²) in [6.45, 7) is 1.40. The highest BCUT2D eigenvalue weighted by Gasteiger charge is 2.38. The fourth-order valence-corrected chi connectivity index (χ4v) is 2.72. The molecular formula is C16H20F2N2O3. The predicted molar refractivity (Wildman–Crippen MR) is 79.9 cm³/mol. The normalized spacial score (nSPS) is 17.6. The molecule has 1 fully saturated rings. The molecule has 2 rings (SSSR count). The van der Waals surface area contributed by atoms with Gasteiger partial charge in [0, 0.05) is 19.2 Å². The van der Waals surface area contributed by atoms with Gasteiger partial charge in [-0.2, -0.15) is 0 Å². The van der Waals surface area contributed by atoms with Crippen molar-refractivity contribution in [2.24, 2.45) is 0 Å². The zero-order valence-corrected chi connectivity index (χ0v) is 13.2. The number of hydrogen-bond acceptors (Lipinski definition) is 4. The summed E-state index contributed by atoms with van der Waals surface area (Å²) in [6.07, 6.45) is 1.12. The molecule has 0 atom stereocenters. The van der Waals surface area contributed by atoms with Crippen LogP contribution in [0.2, 0.25) is 0 Å². The van der Waals surface area contributed by atoms with Crippen molar-refractivity contribution < 1.29 is 23.1 Å². The molecule has 0 radical (unpaired) electrons. The van der Waals surface area contributed by atoms with E-state index < -0.39 is 29.0 Å². The summed E-state index contributed by atoms with van der Waals surface area (Å²) in [7, 11) is 3.23. The number of piperidine rings is 1. The molecule has 126 valence electrons. The van der Waals surface area contributed by atoms with Crippen LogP contribution in [0.4, 0.5) is 8.78 Å². The summed E-state index contributed by atoms with van der Waals surface area (Å²) < 4.78 is 31.4. The van der Waals surface area contributed by atoms with Crippen LogP contribution in [0.3, 0.4) is 0 Å². The van der Waals surface area contributed by atoms with Crippen molar-refractivity contribution >= 4 is 11.9 Å². The molecule has 1 heterocycles. The number of rotatable bonds is 4. The van der Waals surface area contributed by atoms with Crippen LogP contribution in [-0.4, -0.2) is 49.6 Å². The monoisotopic (exact) mass is 326 g/mol. The Kier molecular flexibility index (Phi) is 5.30. The highest BCUT2D eigenvalue weighted by atomic mass is 19.1. The molecule has 0 unspecified atom stereocenters. The standard InChI is InChI=1S/C16H20F2N2O3/c1-20-7-5-16(6-8-20,10-14(21)23-2)19-15(22)12-4-3-11(17)9-13(12)18/h3-4,9H,5-8,10H2,1-2H3,(H,19,22). The molecule has 5 nitrogen and oxygen atoms in total. The van der Waals surface area contributed by atoms with Gasteiger partial charge in [0.1, 0.15) is 11.6 Å². The molecule has 7 heteroatoms. The van der Waals surface area contributed by atoms with Crippen molar-refractivity contribution in [3.05, 3.63) is 35.4 Å². The summed E-state index contributed by atoms with van der Waals surface area (Å²) in [5.74, 6) is -2.77. The van der Waals surface area contributed by atoms with E-state index in [1.165, 1.54) is 7.11 Å². The molecule has 1 aliphatic rings. The number of methoxy groups -OCH3 is 1. The molecule has 0 aromatic heterocycles. The lowest BCUT2D eigenvalue weighted by atomic mass is 9.84. The smallest absolute Gasteiger partial charge is 0.307 e. The third-order valence-electron chi connectivity index (χ3n) is 4.21. The zero-order valence-electron chi connectivity index (χ0n) is 13.2. The van der Waals surface area contributed by atoms with Crippen molar-refractivity contribution in [2.75, 3.05) is 27.2 Å². The number of likely N-dealkylation sites (tertiary alicyclic amines) is 1. The van der Waals surface area contributed by atoms with Crippen molar-refractivity contribution in [3.63, 3.8) is 0 Å². The van der Waals surface area contributed by atoms with E-state index in [1.54, 1.807) is 0 Å². The van der Waals surface area contributed by atoms with E-state index in [0.29, 0.717) is 32.0 Å². The Morgan fingerprint density at radius 3 is 2.52 bits per heavy atom. The Morgan fingerprint density at radius 1 is 1.30 bits per heavy atom. The van der Waals surface area contributed by atoms with Gasteiger partial charge < -0.3 is 15.0 Å². The molecule has 1 aliphatic heterocycles. The van der Waals surface area contributed by atoms with Gasteiger partial charge in [-0.15, -0.1) is 0 Å². The average Bonchev–Trinajstić information content (AvgIpc) is 2.50. The molecule has 0 bridgehead atoms. The third-order valence-corrected chi connectivity index (χ3v) is 4.21. The van der Waals surface area contributed by atoms with E-state index in [2.05, 4.69) is 10.2 Å². The van der Waals surface area contributed by atoms with Crippen LogP contribution in [0.1, 0.15) is 29.6 Å². The first-order chi connectivity index (χ1) is 10.8. The SMILES string of the molecule is COC(=O)CC1(NC(=O)c2ccc(F)cc2F)CCN(C)CC1. The van der Waals surface area contributed by atoms with Gasteiger partial charge in [0.15, 0.2) is 0 Å². The van der Waals surface area contributed by atoms with Gasteiger partial charge in [-0.05, 0) is 32.0 Å². The quantitative estimate of drug-likeness (QED) is 0.856. The molecule has 0 spiro atoms. The highest BCUT2D eigenvalue weighted by molar-refractivity contribution is 5.95. The number of nitrogens with zero attached hydrogens (tertiary/aromatic N) is 1. The van der Waals surface area contributed by atoms with Crippen molar-refractivity contribution in [3.8, 4) is 0 Å². The van der Waals surface area contributed by atoms with E-state index in [-0.39, 0.29) is 12.0 Å². The number of nitrogens with one attached hydrogen (secondary N) is 1. The summed E-state index contributed by atoms with van der Waals surface area (Å²) in [4.78, 5) is 26.1. The fourth-order valence-electron chi connectivity index (χ4n) is 2.72. The molecule has 1 N–H and O–H groups in total. The first-order valence-electron chi connectivity index (χ1n) is 7.38. The molecule has 0 aliphatic carbocycles. The summed E-state index contributed by atoms with van der Waals surface area (Å²) in [5.41, 5.74) is -1.02. The molecule has 1 aromatic carbocycles. The van der Waals surface area contributed by atoms with E-state index in [4.69, 9.17) is 4.74 Å². The lowest BCUT2D eigenvalue weighted by molar-refractivity contribution is -0.142. The summed E-state index contributed by atoms with van der Waals surface area (Å²) in [5, 5.41) is 2.77. The maximum Gasteiger partial charge on any atom is 0.307 e. The first-order valence-corrected chi connectivity index (χ1v) is 7.38. The van der Waals surface area contributed by atoms with Crippen LogP contribution in [-0.2, 0) is 9.53 Å². The Balaban J connectivity index is 2.19. The van der Waals surface area contributed by atoms with Gasteiger partial charge in [-0.3, -0.25) is 9.59 Å². The second-order valence-corrected chi connectivity index (χ2v) is 5.91. The Hall–Kier alpha value is -2.02. The molecular weight excluding hydrogens is 306 g/mol. The number of carbonyl (C=O) groups is 2. The number of benzene rings is 1. The van der Waals surface area contributed by atoms with Crippen LogP contribution < -0.4 is 5.32 Å². The maximum absolute atomic E-state index is 13.8. The minimum Gasteiger partial charge on any atom is -0.469 e. The molecule has 1 aromatic rings. The lowest BCUT2D eigenvalue weighted by Gasteiger charge is -2.40. The zero-order chi connectivity index (χ0) is 17.0. The Labute approximate surface area is 133 Å². The van der Waals surface area contributed by atoms with Crippen LogP contribution in [0.15, 0.2) is 18.2 Å². The van der Waals surface area contributed by atoms with Crippen LogP contribution in [0.25, 0.3) is 0 Å². The first kappa shape index (κ1) is 17.3. The fraction of sp³-hybridized carbons (Fsp3) is 0.500. The molecule has 0 saturated carbocycles. The largest absolute Gasteiger partial charge is 0.469 e. The molecule has 1 saturated heterocycles. The summed E-state index contributed by atoms with van der Waals surface area (Å²) >= 11 is 0. The third kappa shape index (κ3) is 4.25. The molecule has 1 amide bonds. The van der Waals surface area contributed by atoms with Gasteiger partial charge in [-0.1, -0.05) is 0 Å². The minimum atomic E-state index is -0.927. The van der Waals surface area contributed by atoms with E-state index in [1.807, 2.05) is 7.05 Å². The van der Waals surface area contributed by atoms with Crippen LogP contribution >= 0.6 is 0 Å². The lowest BCUT2D eigenvalue weighted by Crippen LogP contribution is -2.56. The van der Waals surface area contributed by atoms with E-state index in [0.717, 1.165) is 12.1 Å². The second-order valence-electron chi connectivity index (χ2n) is 5.91. The topological polar surface area (TPSA) is 58.6 Å². The molecule has 23 heavy (non-hydrogen) atoms. The number of carbonyl (C=O) groups excluding carboxylic acids is 2. The van der Waals surface area contributed by atoms with Crippen molar-refractivity contribution in [2.45, 2.75) is 24.8 Å². The number of ether oxygens (including phenoxy) is 1. The predicted octanol–water partition coefficient (Wildman–Crippen LogP) is 1.72. The van der Waals surface area contributed by atoms with Crippen LogP contribution in [0, 0.1) is 11.6 Å². The average molecular weight is 326 g/mol. The second kappa shape index (κ2) is 7.04. The van der Waals surface area contributed by atoms with Crippen LogP contribution in [0.5, 0.6) is 0 Å². The maximum atomic E-state index is 13.8. The van der Waals surface area contributed by atoms with Crippen molar-refractivity contribution in [1.29, 1.82) is 0 Å². The van der Waals surface area contributed by atoms with Gasteiger partial charge in [0.2, 0.25) is 0 Å². The van der Waals surface area contributed by atoms with E-state index in [9.17, 15) is 18.4 Å². The number of hydrogen-bond donors (Lipinski definition) is 1. The summed E-state index contributed by atoms with van der Waals surface area (Å²) in [6, 6.07) is 2.79. The minimum absolute atomic E-state index is 0.0197. The van der Waals surface area contributed by atoms with Crippen molar-refractivity contribution in [1.82, 2.24) is 10.2 Å². The number of amides is 1. The number of esters is 1.